The van der Waals surface area contributed by atoms with Gasteiger partial charge in [0.1, 0.15) is 5.60 Å². The number of carbonyl (C=O) groups is 1. The fraction of sp³-hybridized carbons (Fsp3) is 0.611. The largest absolute Gasteiger partial charge is 0.504 e. The molecular formula is C18H24ClFN2O3. The standard InChI is InChI=1S/C18H24ClFN2O3/c1-12(23)21-16-4-2-3-5-18(16)11-22(6-7-25-18)10-13-8-14(19)17(24)15(20)9-13/h8-9,16,24H,2-7,10-11H2,1H3,(H,21,23). The molecule has 2 N–H and O–H groups in total. The molecule has 138 valence electrons. The highest BCUT2D eigenvalue weighted by atomic mass is 35.5. The van der Waals surface area contributed by atoms with Crippen LogP contribution in [0.4, 0.5) is 4.39 Å². The van der Waals surface area contributed by atoms with Crippen LogP contribution < -0.4 is 5.32 Å². The number of phenols is 1. The quantitative estimate of drug-likeness (QED) is 0.858. The van der Waals surface area contributed by atoms with E-state index in [1.807, 2.05) is 0 Å². The molecular weight excluding hydrogens is 347 g/mol. The summed E-state index contributed by atoms with van der Waals surface area (Å²) in [6.45, 7) is 4.04. The number of nitrogens with zero attached hydrogens (tertiary/aromatic N) is 1. The monoisotopic (exact) mass is 370 g/mol. The minimum atomic E-state index is -0.709. The number of hydrogen-bond donors (Lipinski definition) is 2. The van der Waals surface area contributed by atoms with Crippen LogP contribution in [-0.2, 0) is 16.1 Å². The summed E-state index contributed by atoms with van der Waals surface area (Å²) in [4.78, 5) is 13.8. The van der Waals surface area contributed by atoms with E-state index >= 15 is 0 Å². The van der Waals surface area contributed by atoms with E-state index in [0.717, 1.165) is 32.2 Å². The second kappa shape index (κ2) is 7.48. The molecule has 1 heterocycles. The number of phenolic OH excluding ortho intramolecular Hbond substituents is 1. The molecule has 1 saturated heterocycles. The number of carbonyl (C=O) groups excluding carboxylic acids is 1. The summed E-state index contributed by atoms with van der Waals surface area (Å²) in [6.07, 6.45) is 3.96. The second-order valence-corrected chi connectivity index (χ2v) is 7.44. The van der Waals surface area contributed by atoms with Crippen molar-refractivity contribution >= 4 is 17.5 Å². The van der Waals surface area contributed by atoms with Crippen LogP contribution in [0.15, 0.2) is 12.1 Å². The number of amides is 1. The highest BCUT2D eigenvalue weighted by molar-refractivity contribution is 6.32. The zero-order chi connectivity index (χ0) is 18.0. The van der Waals surface area contributed by atoms with Gasteiger partial charge in [-0.05, 0) is 30.5 Å². The van der Waals surface area contributed by atoms with Crippen LogP contribution in [-0.4, -0.2) is 47.3 Å². The Balaban J connectivity index is 1.75. The van der Waals surface area contributed by atoms with Gasteiger partial charge in [0.15, 0.2) is 11.6 Å². The molecule has 2 atom stereocenters. The highest BCUT2D eigenvalue weighted by Crippen LogP contribution is 2.36. The molecule has 1 aliphatic carbocycles. The lowest BCUT2D eigenvalue weighted by atomic mass is 9.78. The van der Waals surface area contributed by atoms with Crippen LogP contribution in [0.5, 0.6) is 5.75 Å². The van der Waals surface area contributed by atoms with Gasteiger partial charge in [-0.3, -0.25) is 9.69 Å². The minimum Gasteiger partial charge on any atom is -0.504 e. The van der Waals surface area contributed by atoms with Crippen molar-refractivity contribution < 1.29 is 19.0 Å². The van der Waals surface area contributed by atoms with Crippen LogP contribution in [0.25, 0.3) is 0 Å². The van der Waals surface area contributed by atoms with Crippen LogP contribution in [0.1, 0.15) is 38.2 Å². The van der Waals surface area contributed by atoms with E-state index in [1.165, 1.54) is 13.0 Å². The van der Waals surface area contributed by atoms with Crippen LogP contribution in [0.3, 0.4) is 0 Å². The van der Waals surface area contributed by atoms with Crippen molar-refractivity contribution in [1.29, 1.82) is 0 Å². The Hall–Kier alpha value is -1.37. The maximum Gasteiger partial charge on any atom is 0.217 e. The summed E-state index contributed by atoms with van der Waals surface area (Å²) in [7, 11) is 0. The predicted octanol–water partition coefficient (Wildman–Crippen LogP) is 2.83. The number of nitrogens with one attached hydrogen (secondary N) is 1. The lowest BCUT2D eigenvalue weighted by molar-refractivity contribution is -0.150. The molecule has 1 aromatic rings. The summed E-state index contributed by atoms with van der Waals surface area (Å²) in [5, 5.41) is 12.5. The third-order valence-corrected chi connectivity index (χ3v) is 5.41. The Kier molecular flexibility index (Phi) is 5.51. The molecule has 1 spiro atoms. The zero-order valence-electron chi connectivity index (χ0n) is 14.4. The number of hydrogen-bond acceptors (Lipinski definition) is 4. The smallest absolute Gasteiger partial charge is 0.217 e. The van der Waals surface area contributed by atoms with E-state index in [2.05, 4.69) is 10.2 Å². The van der Waals surface area contributed by atoms with Gasteiger partial charge in [-0.25, -0.2) is 4.39 Å². The van der Waals surface area contributed by atoms with Crippen molar-refractivity contribution in [1.82, 2.24) is 10.2 Å². The van der Waals surface area contributed by atoms with Crippen molar-refractivity contribution in [3.63, 3.8) is 0 Å². The van der Waals surface area contributed by atoms with Crippen molar-refractivity contribution in [2.45, 2.75) is 50.8 Å². The molecule has 1 aromatic carbocycles. The minimum absolute atomic E-state index is 0.00157. The molecule has 1 saturated carbocycles. The van der Waals surface area contributed by atoms with Crippen LogP contribution in [0, 0.1) is 5.82 Å². The Morgan fingerprint density at radius 3 is 3.04 bits per heavy atom. The summed E-state index contributed by atoms with van der Waals surface area (Å²) in [6, 6.07) is 2.91. The van der Waals surface area contributed by atoms with Gasteiger partial charge in [-0.15, -0.1) is 0 Å². The van der Waals surface area contributed by atoms with Gasteiger partial charge < -0.3 is 15.2 Å². The molecule has 7 heteroatoms. The van der Waals surface area contributed by atoms with Crippen molar-refractivity contribution in [3.05, 3.63) is 28.5 Å². The Morgan fingerprint density at radius 1 is 1.52 bits per heavy atom. The summed E-state index contributed by atoms with van der Waals surface area (Å²) in [5.74, 6) is -1.26. The average molecular weight is 371 g/mol. The summed E-state index contributed by atoms with van der Waals surface area (Å²) in [5.41, 5.74) is 0.325. The fourth-order valence-corrected chi connectivity index (χ4v) is 4.24. The average Bonchev–Trinajstić information content (AvgIpc) is 2.55. The first-order valence-electron chi connectivity index (χ1n) is 8.70. The highest BCUT2D eigenvalue weighted by Gasteiger charge is 2.45. The van der Waals surface area contributed by atoms with Gasteiger partial charge in [-0.2, -0.15) is 0 Å². The van der Waals surface area contributed by atoms with Crippen LogP contribution in [0.2, 0.25) is 5.02 Å². The Labute approximate surface area is 152 Å². The molecule has 0 radical (unpaired) electrons. The van der Waals surface area contributed by atoms with Gasteiger partial charge in [0.25, 0.3) is 0 Å². The molecule has 0 aromatic heterocycles. The SMILES string of the molecule is CC(=O)NC1CCCCC12CN(Cc1cc(F)c(O)c(Cl)c1)CCO2. The molecule has 1 aliphatic heterocycles. The number of halogens is 2. The van der Waals surface area contributed by atoms with Gasteiger partial charge in [-0.1, -0.05) is 24.4 Å². The first kappa shape index (κ1) is 18.4. The fourth-order valence-electron chi connectivity index (χ4n) is 4.00. The maximum absolute atomic E-state index is 13.7. The summed E-state index contributed by atoms with van der Waals surface area (Å²) < 4.78 is 19.9. The Bertz CT molecular complexity index is 630. The molecule has 1 amide bonds. The topological polar surface area (TPSA) is 61.8 Å². The van der Waals surface area contributed by atoms with Crippen molar-refractivity contribution in [2.24, 2.45) is 0 Å². The predicted molar refractivity (Wildman–Crippen MR) is 93.1 cm³/mol. The zero-order valence-corrected chi connectivity index (χ0v) is 15.1. The molecule has 3 rings (SSSR count). The lowest BCUT2D eigenvalue weighted by Gasteiger charge is -2.49. The number of morpholine rings is 1. The molecule has 2 fully saturated rings. The van der Waals surface area contributed by atoms with E-state index < -0.39 is 11.6 Å². The molecule has 2 unspecified atom stereocenters. The molecule has 0 bridgehead atoms. The normalized spacial score (nSPS) is 27.4. The number of rotatable bonds is 3. The van der Waals surface area contributed by atoms with Crippen molar-refractivity contribution in [2.75, 3.05) is 19.7 Å². The van der Waals surface area contributed by atoms with E-state index in [0.29, 0.717) is 25.3 Å². The van der Waals surface area contributed by atoms with Crippen LogP contribution >= 0.6 is 11.6 Å². The number of benzene rings is 1. The van der Waals surface area contributed by atoms with Gasteiger partial charge in [0, 0.05) is 26.6 Å². The van der Waals surface area contributed by atoms with E-state index in [1.54, 1.807) is 6.07 Å². The lowest BCUT2D eigenvalue weighted by Crippen LogP contribution is -2.63. The van der Waals surface area contributed by atoms with E-state index in [4.69, 9.17) is 16.3 Å². The second-order valence-electron chi connectivity index (χ2n) is 7.03. The van der Waals surface area contributed by atoms with E-state index in [9.17, 15) is 14.3 Å². The number of ether oxygens (including phenoxy) is 1. The third-order valence-electron chi connectivity index (χ3n) is 5.13. The number of aromatic hydroxyl groups is 1. The van der Waals surface area contributed by atoms with E-state index in [-0.39, 0.29) is 22.6 Å². The third kappa shape index (κ3) is 4.07. The van der Waals surface area contributed by atoms with Gasteiger partial charge >= 0.3 is 0 Å². The first-order chi connectivity index (χ1) is 11.9. The molecule has 2 aliphatic rings. The van der Waals surface area contributed by atoms with Gasteiger partial charge in [0.05, 0.1) is 17.7 Å². The Morgan fingerprint density at radius 2 is 2.32 bits per heavy atom. The first-order valence-corrected chi connectivity index (χ1v) is 9.08. The summed E-state index contributed by atoms with van der Waals surface area (Å²) >= 11 is 5.88. The molecule has 5 nitrogen and oxygen atoms in total. The van der Waals surface area contributed by atoms with Crippen molar-refractivity contribution in [3.8, 4) is 5.75 Å². The molecule has 25 heavy (non-hydrogen) atoms. The maximum atomic E-state index is 13.7. The van der Waals surface area contributed by atoms with Gasteiger partial charge in [0.2, 0.25) is 5.91 Å².